The molecule has 19 heavy (non-hydrogen) atoms. The fourth-order valence-corrected chi connectivity index (χ4v) is 1.79. The molecule has 100 valence electrons. The van der Waals surface area contributed by atoms with Gasteiger partial charge in [0.1, 0.15) is 11.9 Å². The first kappa shape index (κ1) is 13.4. The molecule has 0 heterocycles. The number of rotatable bonds is 5. The molecule has 2 aromatic rings. The average Bonchev–Trinajstić information content (AvgIpc) is 2.46. The average molecular weight is 261 g/mol. The lowest BCUT2D eigenvalue weighted by Gasteiger charge is -2.18. The van der Waals surface area contributed by atoms with Crippen LogP contribution in [-0.4, -0.2) is 13.7 Å². The highest BCUT2D eigenvalue weighted by Gasteiger charge is 2.14. The van der Waals surface area contributed by atoms with E-state index in [0.717, 1.165) is 5.56 Å². The quantitative estimate of drug-likeness (QED) is 0.900. The Labute approximate surface area is 111 Å². The lowest BCUT2D eigenvalue weighted by atomic mass is 10.1. The molecule has 0 bridgehead atoms. The molecule has 2 rings (SSSR count). The second-order valence-electron chi connectivity index (χ2n) is 4.05. The van der Waals surface area contributed by atoms with Crippen molar-refractivity contribution in [1.82, 2.24) is 0 Å². The van der Waals surface area contributed by atoms with Gasteiger partial charge in [0, 0.05) is 6.54 Å². The Morgan fingerprint density at radius 2 is 1.95 bits per heavy atom. The first-order valence-electron chi connectivity index (χ1n) is 6.00. The van der Waals surface area contributed by atoms with Gasteiger partial charge in [-0.2, -0.15) is 0 Å². The topological polar surface area (TPSA) is 44.5 Å². The molecular weight excluding hydrogens is 245 g/mol. The van der Waals surface area contributed by atoms with Gasteiger partial charge >= 0.3 is 0 Å². The van der Waals surface area contributed by atoms with Gasteiger partial charge < -0.3 is 15.2 Å². The van der Waals surface area contributed by atoms with E-state index in [1.165, 1.54) is 6.07 Å². The molecule has 0 amide bonds. The van der Waals surface area contributed by atoms with Crippen LogP contribution < -0.4 is 15.2 Å². The molecule has 0 aliphatic heterocycles. The summed E-state index contributed by atoms with van der Waals surface area (Å²) >= 11 is 0. The molecule has 0 saturated heterocycles. The summed E-state index contributed by atoms with van der Waals surface area (Å²) in [4.78, 5) is 0. The predicted molar refractivity (Wildman–Crippen MR) is 71.8 cm³/mol. The maximum Gasteiger partial charge on any atom is 0.165 e. The molecule has 0 aromatic heterocycles. The third kappa shape index (κ3) is 3.23. The monoisotopic (exact) mass is 261 g/mol. The van der Waals surface area contributed by atoms with Gasteiger partial charge in [-0.05, 0) is 29.8 Å². The smallest absolute Gasteiger partial charge is 0.165 e. The van der Waals surface area contributed by atoms with Crippen LogP contribution in [0.25, 0.3) is 0 Å². The molecule has 0 fully saturated rings. The van der Waals surface area contributed by atoms with E-state index in [2.05, 4.69) is 0 Å². The highest BCUT2D eigenvalue weighted by molar-refractivity contribution is 5.31. The number of hydrogen-bond acceptors (Lipinski definition) is 3. The summed E-state index contributed by atoms with van der Waals surface area (Å²) in [6.45, 7) is 0.251. The zero-order valence-corrected chi connectivity index (χ0v) is 10.7. The molecule has 3 nitrogen and oxygen atoms in total. The number of para-hydroxylation sites is 1. The molecule has 2 aromatic carbocycles. The summed E-state index contributed by atoms with van der Waals surface area (Å²) in [5, 5.41) is 0. The zero-order chi connectivity index (χ0) is 13.7. The molecule has 0 radical (unpaired) electrons. The molecule has 1 atom stereocenters. The van der Waals surface area contributed by atoms with E-state index in [9.17, 15) is 4.39 Å². The van der Waals surface area contributed by atoms with Crippen LogP contribution in [0.4, 0.5) is 4.39 Å². The minimum Gasteiger partial charge on any atom is -0.497 e. The van der Waals surface area contributed by atoms with Crippen LogP contribution in [0.1, 0.15) is 11.7 Å². The second-order valence-corrected chi connectivity index (χ2v) is 4.05. The summed E-state index contributed by atoms with van der Waals surface area (Å²) in [7, 11) is 1.59. The Morgan fingerprint density at radius 3 is 2.63 bits per heavy atom. The maximum atomic E-state index is 13.6. The van der Waals surface area contributed by atoms with Gasteiger partial charge in [-0.1, -0.05) is 24.3 Å². The summed E-state index contributed by atoms with van der Waals surface area (Å²) in [6.07, 6.45) is -0.410. The molecule has 0 saturated carbocycles. The van der Waals surface area contributed by atoms with Crippen LogP contribution in [0.2, 0.25) is 0 Å². The van der Waals surface area contributed by atoms with Gasteiger partial charge in [0.05, 0.1) is 7.11 Å². The van der Waals surface area contributed by atoms with Crippen LogP contribution in [0.3, 0.4) is 0 Å². The van der Waals surface area contributed by atoms with Crippen LogP contribution in [0, 0.1) is 5.82 Å². The third-order valence-corrected chi connectivity index (χ3v) is 2.79. The number of benzene rings is 2. The van der Waals surface area contributed by atoms with Crippen molar-refractivity contribution in [2.24, 2.45) is 5.73 Å². The number of methoxy groups -OCH3 is 1. The normalized spacial score (nSPS) is 11.9. The molecule has 0 spiro atoms. The van der Waals surface area contributed by atoms with E-state index < -0.39 is 11.9 Å². The van der Waals surface area contributed by atoms with Gasteiger partial charge in [0.15, 0.2) is 11.6 Å². The van der Waals surface area contributed by atoms with Gasteiger partial charge in [0.25, 0.3) is 0 Å². The van der Waals surface area contributed by atoms with Crippen LogP contribution in [0.5, 0.6) is 11.5 Å². The maximum absolute atomic E-state index is 13.6. The van der Waals surface area contributed by atoms with Crippen molar-refractivity contribution < 1.29 is 13.9 Å². The minimum absolute atomic E-state index is 0.195. The van der Waals surface area contributed by atoms with Crippen molar-refractivity contribution in [3.05, 3.63) is 59.9 Å². The lowest BCUT2D eigenvalue weighted by molar-refractivity contribution is 0.204. The molecule has 0 aliphatic carbocycles. The van der Waals surface area contributed by atoms with Gasteiger partial charge in [-0.25, -0.2) is 4.39 Å². The highest BCUT2D eigenvalue weighted by Crippen LogP contribution is 2.25. The van der Waals surface area contributed by atoms with Crippen molar-refractivity contribution in [2.75, 3.05) is 13.7 Å². The van der Waals surface area contributed by atoms with E-state index >= 15 is 0 Å². The van der Waals surface area contributed by atoms with Crippen LogP contribution >= 0.6 is 0 Å². The highest BCUT2D eigenvalue weighted by atomic mass is 19.1. The SMILES string of the molecule is COc1cccc(C(CN)Oc2ccccc2F)c1. The molecule has 0 aliphatic rings. The predicted octanol–water partition coefficient (Wildman–Crippen LogP) is 2.91. The number of halogens is 1. The van der Waals surface area contributed by atoms with E-state index in [1.54, 1.807) is 25.3 Å². The van der Waals surface area contributed by atoms with Crippen molar-refractivity contribution in [3.8, 4) is 11.5 Å². The minimum atomic E-state index is -0.410. The summed E-state index contributed by atoms with van der Waals surface area (Å²) in [5.41, 5.74) is 6.56. The summed E-state index contributed by atoms with van der Waals surface area (Å²) in [6, 6.07) is 13.7. The number of nitrogens with two attached hydrogens (primary N) is 1. The van der Waals surface area contributed by atoms with E-state index in [4.69, 9.17) is 15.2 Å². The first-order valence-corrected chi connectivity index (χ1v) is 6.00. The molecular formula is C15H16FNO2. The second kappa shape index (κ2) is 6.20. The number of hydrogen-bond donors (Lipinski definition) is 1. The Morgan fingerprint density at radius 1 is 1.16 bits per heavy atom. The standard InChI is InChI=1S/C15H16FNO2/c1-18-12-6-4-5-11(9-12)15(10-17)19-14-8-3-2-7-13(14)16/h2-9,15H,10,17H2,1H3. The van der Waals surface area contributed by atoms with E-state index in [1.807, 2.05) is 24.3 Å². The lowest BCUT2D eigenvalue weighted by Crippen LogP contribution is -2.19. The van der Waals surface area contributed by atoms with Gasteiger partial charge in [-0.15, -0.1) is 0 Å². The summed E-state index contributed by atoms with van der Waals surface area (Å²) in [5.74, 6) is 0.512. The zero-order valence-electron chi connectivity index (χ0n) is 10.7. The fourth-order valence-electron chi connectivity index (χ4n) is 1.79. The Kier molecular flexibility index (Phi) is 4.36. The Bertz CT molecular complexity index is 545. The number of ether oxygens (including phenoxy) is 2. The van der Waals surface area contributed by atoms with Crippen LogP contribution in [-0.2, 0) is 0 Å². The van der Waals surface area contributed by atoms with Crippen molar-refractivity contribution in [3.63, 3.8) is 0 Å². The third-order valence-electron chi connectivity index (χ3n) is 2.79. The molecule has 1 unspecified atom stereocenters. The first-order chi connectivity index (χ1) is 9.24. The van der Waals surface area contributed by atoms with Crippen molar-refractivity contribution in [1.29, 1.82) is 0 Å². The van der Waals surface area contributed by atoms with Crippen molar-refractivity contribution in [2.45, 2.75) is 6.10 Å². The van der Waals surface area contributed by atoms with Gasteiger partial charge in [-0.3, -0.25) is 0 Å². The molecule has 4 heteroatoms. The molecule has 2 N–H and O–H groups in total. The van der Waals surface area contributed by atoms with E-state index in [-0.39, 0.29) is 12.3 Å². The van der Waals surface area contributed by atoms with E-state index in [0.29, 0.717) is 5.75 Å². The van der Waals surface area contributed by atoms with Crippen LogP contribution in [0.15, 0.2) is 48.5 Å². The van der Waals surface area contributed by atoms with Crippen molar-refractivity contribution >= 4 is 0 Å². The fraction of sp³-hybridized carbons (Fsp3) is 0.200. The Hall–Kier alpha value is -2.07. The largest absolute Gasteiger partial charge is 0.497 e. The van der Waals surface area contributed by atoms with Gasteiger partial charge in [0.2, 0.25) is 0 Å². The summed E-state index contributed by atoms with van der Waals surface area (Å²) < 4.78 is 24.3. The Balaban J connectivity index is 2.22.